The number of hydrogen-bond donors (Lipinski definition) is 0. The van der Waals surface area contributed by atoms with Crippen molar-refractivity contribution in [2.24, 2.45) is 0 Å². The van der Waals surface area contributed by atoms with Gasteiger partial charge < -0.3 is 29.0 Å². The normalized spacial score (nSPS) is 17.0. The fraction of sp³-hybridized carbons (Fsp3) is 0.273. The number of rotatable bonds is 9. The smallest absolute Gasteiger partial charge is 0.338 e. The van der Waals surface area contributed by atoms with Gasteiger partial charge in [0.1, 0.15) is 11.8 Å². The molecule has 7 nitrogen and oxygen atoms in total. The molecule has 1 aliphatic heterocycles. The standard InChI is InChI=1S/C33H33NO6/c1-38-29-8-4-7-28(20-29)32(35)39-18-16-23-9-13-26(14-10-23)30-15-17-34(33(36)37)21-31(30)40-22-24-11-12-25-5-2-3-6-27(25)19-24/h2-14,19-20,30-31H,15-18,21-22H2,1H3,(H,36,37)/p-1. The molecule has 1 heterocycles. The van der Waals surface area contributed by atoms with Crippen LogP contribution in [0.5, 0.6) is 5.75 Å². The van der Waals surface area contributed by atoms with Crippen LogP contribution in [0.25, 0.3) is 10.8 Å². The first-order valence-electron chi connectivity index (χ1n) is 13.5. The number of carbonyl (C=O) groups is 2. The van der Waals surface area contributed by atoms with Gasteiger partial charge in [0.05, 0.1) is 32.0 Å². The van der Waals surface area contributed by atoms with Crippen molar-refractivity contribution in [1.29, 1.82) is 0 Å². The van der Waals surface area contributed by atoms with Gasteiger partial charge >= 0.3 is 5.97 Å². The second-order valence-corrected chi connectivity index (χ2v) is 10.00. The largest absolute Gasteiger partial charge is 0.530 e. The molecule has 0 N–H and O–H groups in total. The molecule has 7 heteroatoms. The third kappa shape index (κ3) is 6.61. The van der Waals surface area contributed by atoms with Gasteiger partial charge in [0.2, 0.25) is 0 Å². The molecule has 2 atom stereocenters. The summed E-state index contributed by atoms with van der Waals surface area (Å²) >= 11 is 0. The second-order valence-electron chi connectivity index (χ2n) is 10.00. The summed E-state index contributed by atoms with van der Waals surface area (Å²) in [5.41, 5.74) is 3.64. The highest BCUT2D eigenvalue weighted by atomic mass is 16.5. The maximum absolute atomic E-state index is 12.4. The van der Waals surface area contributed by atoms with E-state index >= 15 is 0 Å². The maximum Gasteiger partial charge on any atom is 0.338 e. The Hall–Kier alpha value is -4.36. The number of ether oxygens (including phenoxy) is 3. The molecule has 0 radical (unpaired) electrons. The minimum absolute atomic E-state index is 0.0518. The number of likely N-dealkylation sites (tertiary alicyclic amines) is 1. The summed E-state index contributed by atoms with van der Waals surface area (Å²) in [6.45, 7) is 1.33. The topological polar surface area (TPSA) is 88.1 Å². The van der Waals surface area contributed by atoms with Crippen molar-refractivity contribution in [3.63, 3.8) is 0 Å². The lowest BCUT2D eigenvalue weighted by molar-refractivity contribution is -0.268. The third-order valence-electron chi connectivity index (χ3n) is 7.43. The minimum atomic E-state index is -1.17. The average molecular weight is 539 g/mol. The number of carboxylic acid groups (broad SMARTS) is 1. The zero-order valence-electron chi connectivity index (χ0n) is 22.5. The van der Waals surface area contributed by atoms with Crippen molar-refractivity contribution in [1.82, 2.24) is 4.90 Å². The number of amides is 1. The lowest BCUT2D eigenvalue weighted by atomic mass is 9.86. The van der Waals surface area contributed by atoms with Crippen molar-refractivity contribution in [2.75, 3.05) is 26.8 Å². The highest BCUT2D eigenvalue weighted by molar-refractivity contribution is 5.89. The summed E-state index contributed by atoms with van der Waals surface area (Å²) in [6, 6.07) is 29.5. The van der Waals surface area contributed by atoms with Crippen LogP contribution in [0.3, 0.4) is 0 Å². The number of benzene rings is 4. The van der Waals surface area contributed by atoms with E-state index in [1.807, 2.05) is 30.3 Å². The summed E-state index contributed by atoms with van der Waals surface area (Å²) in [6.07, 6.45) is -0.237. The molecule has 4 aromatic rings. The van der Waals surface area contributed by atoms with Crippen molar-refractivity contribution < 1.29 is 28.9 Å². The van der Waals surface area contributed by atoms with E-state index < -0.39 is 6.09 Å². The fourth-order valence-corrected chi connectivity index (χ4v) is 5.19. The van der Waals surface area contributed by atoms with E-state index in [-0.39, 0.29) is 31.1 Å². The van der Waals surface area contributed by atoms with E-state index in [9.17, 15) is 14.7 Å². The Kier molecular flexibility index (Phi) is 8.62. The molecule has 206 valence electrons. The van der Waals surface area contributed by atoms with Crippen LogP contribution in [0.1, 0.15) is 39.4 Å². The van der Waals surface area contributed by atoms with Crippen LogP contribution in [0.4, 0.5) is 4.79 Å². The van der Waals surface area contributed by atoms with E-state index in [1.54, 1.807) is 31.4 Å². The monoisotopic (exact) mass is 538 g/mol. The minimum Gasteiger partial charge on any atom is -0.530 e. The van der Waals surface area contributed by atoms with E-state index in [1.165, 1.54) is 10.3 Å². The summed E-state index contributed by atoms with van der Waals surface area (Å²) in [4.78, 5) is 25.3. The van der Waals surface area contributed by atoms with Gasteiger partial charge in [0.25, 0.3) is 0 Å². The predicted molar refractivity (Wildman–Crippen MR) is 150 cm³/mol. The quantitative estimate of drug-likeness (QED) is 0.280. The molecule has 0 aromatic heterocycles. The molecule has 0 aliphatic carbocycles. The molecule has 5 rings (SSSR count). The van der Waals surface area contributed by atoms with Crippen LogP contribution in [0.2, 0.25) is 0 Å². The molecule has 1 saturated heterocycles. The van der Waals surface area contributed by atoms with Gasteiger partial charge in [-0.3, -0.25) is 0 Å². The van der Waals surface area contributed by atoms with Gasteiger partial charge in [-0.2, -0.15) is 0 Å². The zero-order chi connectivity index (χ0) is 27.9. The molecule has 0 saturated carbocycles. The van der Waals surface area contributed by atoms with Gasteiger partial charge in [-0.25, -0.2) is 4.79 Å². The first kappa shape index (κ1) is 27.2. The van der Waals surface area contributed by atoms with Crippen LogP contribution in [-0.2, 0) is 22.5 Å². The fourth-order valence-electron chi connectivity index (χ4n) is 5.19. The SMILES string of the molecule is COc1cccc(C(=O)OCCc2ccc(C3CCN(C(=O)[O-])CC3OCc3ccc4ccccc4c3)cc2)c1. The number of fused-ring (bicyclic) bond motifs is 1. The number of nitrogens with zero attached hydrogens (tertiary/aromatic N) is 1. The number of piperidine rings is 1. The van der Waals surface area contributed by atoms with Gasteiger partial charge in [-0.1, -0.05) is 66.7 Å². The Morgan fingerprint density at radius 3 is 2.45 bits per heavy atom. The lowest BCUT2D eigenvalue weighted by Crippen LogP contribution is -2.51. The molecule has 4 aromatic carbocycles. The third-order valence-corrected chi connectivity index (χ3v) is 7.43. The van der Waals surface area contributed by atoms with Crippen LogP contribution in [-0.4, -0.2) is 49.9 Å². The Labute approximate surface area is 233 Å². The van der Waals surface area contributed by atoms with Crippen LogP contribution >= 0.6 is 0 Å². The number of carbonyl (C=O) groups excluding carboxylic acids is 2. The maximum atomic E-state index is 12.4. The van der Waals surface area contributed by atoms with E-state index in [0.717, 1.165) is 22.1 Å². The van der Waals surface area contributed by atoms with E-state index in [4.69, 9.17) is 14.2 Å². The number of esters is 1. The predicted octanol–water partition coefficient (Wildman–Crippen LogP) is 4.97. The van der Waals surface area contributed by atoms with E-state index in [2.05, 4.69) is 36.4 Å². The Balaban J connectivity index is 1.20. The lowest BCUT2D eigenvalue weighted by Gasteiger charge is -2.40. The highest BCUT2D eigenvalue weighted by Gasteiger charge is 2.31. The van der Waals surface area contributed by atoms with Crippen LogP contribution in [0, 0.1) is 0 Å². The molecule has 0 spiro atoms. The Bertz CT molecular complexity index is 1470. The summed E-state index contributed by atoms with van der Waals surface area (Å²) < 4.78 is 17.0. The Morgan fingerprint density at radius 2 is 1.68 bits per heavy atom. The molecule has 2 unspecified atom stereocenters. The van der Waals surface area contributed by atoms with Gasteiger partial charge in [-0.15, -0.1) is 0 Å². The van der Waals surface area contributed by atoms with Crippen LogP contribution in [0.15, 0.2) is 91.0 Å². The van der Waals surface area contributed by atoms with E-state index in [0.29, 0.717) is 37.3 Å². The van der Waals surface area contributed by atoms with Crippen molar-refractivity contribution in [3.05, 3.63) is 113 Å². The highest BCUT2D eigenvalue weighted by Crippen LogP contribution is 2.31. The molecule has 40 heavy (non-hydrogen) atoms. The van der Waals surface area contributed by atoms with Crippen molar-refractivity contribution >= 4 is 22.8 Å². The van der Waals surface area contributed by atoms with Gasteiger partial charge in [0.15, 0.2) is 0 Å². The molecule has 1 aliphatic rings. The Morgan fingerprint density at radius 1 is 0.900 bits per heavy atom. The second kappa shape index (κ2) is 12.7. The summed E-state index contributed by atoms with van der Waals surface area (Å²) in [5.74, 6) is 0.271. The van der Waals surface area contributed by atoms with Crippen molar-refractivity contribution in [3.8, 4) is 5.75 Å². The summed E-state index contributed by atoms with van der Waals surface area (Å²) in [7, 11) is 1.56. The van der Waals surface area contributed by atoms with Crippen LogP contribution < -0.4 is 9.84 Å². The molecular formula is C33H32NO6-. The molecular weight excluding hydrogens is 506 g/mol. The summed E-state index contributed by atoms with van der Waals surface area (Å²) in [5, 5.41) is 13.9. The number of methoxy groups -OCH3 is 1. The van der Waals surface area contributed by atoms with Gasteiger partial charge in [-0.05, 0) is 58.1 Å². The number of hydrogen-bond acceptors (Lipinski definition) is 6. The first-order valence-corrected chi connectivity index (χ1v) is 13.5. The zero-order valence-corrected chi connectivity index (χ0v) is 22.5. The molecule has 0 bridgehead atoms. The first-order chi connectivity index (χ1) is 19.5. The molecule has 1 fully saturated rings. The van der Waals surface area contributed by atoms with Gasteiger partial charge in [0, 0.05) is 25.4 Å². The average Bonchev–Trinajstić information content (AvgIpc) is 3.00. The molecule has 1 amide bonds. The van der Waals surface area contributed by atoms with Crippen molar-refractivity contribution in [2.45, 2.75) is 31.5 Å².